The Morgan fingerprint density at radius 3 is 2.37 bits per heavy atom. The third-order valence-corrected chi connectivity index (χ3v) is 6.18. The molecule has 0 bridgehead atoms. The number of hydrogen-bond donors (Lipinski definition) is 3. The maximum atomic E-state index is 13.2. The smallest absolute Gasteiger partial charge is 0.319 e. The summed E-state index contributed by atoms with van der Waals surface area (Å²) in [5, 5.41) is 17.3. The summed E-state index contributed by atoms with van der Waals surface area (Å²) in [6.07, 6.45) is 1.05. The van der Waals surface area contributed by atoms with Crippen LogP contribution in [0.1, 0.15) is 18.1 Å². The molecule has 4 aromatic rings. The Balaban J connectivity index is 1.48. The van der Waals surface area contributed by atoms with Crippen LogP contribution in [0, 0.1) is 5.82 Å². The van der Waals surface area contributed by atoms with Crippen LogP contribution in [0.25, 0.3) is 10.6 Å². The van der Waals surface area contributed by atoms with E-state index < -0.39 is 18.0 Å². The molecule has 35 heavy (non-hydrogen) atoms. The third kappa shape index (κ3) is 6.48. The topological polar surface area (TPSA) is 96.0 Å². The van der Waals surface area contributed by atoms with Gasteiger partial charge in [0.05, 0.1) is 0 Å². The monoisotopic (exact) mass is 489 g/mol. The Labute approximate surface area is 206 Å². The number of rotatable bonds is 8. The van der Waals surface area contributed by atoms with Crippen molar-refractivity contribution in [2.45, 2.75) is 25.8 Å². The van der Waals surface area contributed by atoms with Gasteiger partial charge in [-0.3, -0.25) is 10.1 Å². The quantitative estimate of drug-likeness (QED) is 0.314. The molecule has 1 aromatic heterocycles. The minimum Gasteiger partial charge on any atom is -0.326 e. The number of nitrogens with zero attached hydrogens (tertiary/aromatic N) is 2. The van der Waals surface area contributed by atoms with Gasteiger partial charge in [-0.25, -0.2) is 9.18 Å². The van der Waals surface area contributed by atoms with Crippen LogP contribution in [0.3, 0.4) is 0 Å². The number of para-hydroxylation sites is 1. The van der Waals surface area contributed by atoms with E-state index in [1.807, 2.05) is 61.5 Å². The lowest BCUT2D eigenvalue weighted by Crippen LogP contribution is -2.47. The van der Waals surface area contributed by atoms with Crippen LogP contribution in [0.15, 0.2) is 78.9 Å². The summed E-state index contributed by atoms with van der Waals surface area (Å²) < 4.78 is 13.2. The highest BCUT2D eigenvalue weighted by Crippen LogP contribution is 2.26. The first-order chi connectivity index (χ1) is 17.0. The molecule has 0 aliphatic heterocycles. The van der Waals surface area contributed by atoms with Crippen LogP contribution in [-0.2, 0) is 17.6 Å². The van der Waals surface area contributed by atoms with E-state index in [4.69, 9.17) is 0 Å². The molecule has 3 aromatic carbocycles. The van der Waals surface area contributed by atoms with Crippen LogP contribution in [0.5, 0.6) is 0 Å². The summed E-state index contributed by atoms with van der Waals surface area (Å²) in [7, 11) is 0. The minimum absolute atomic E-state index is 0.283. The van der Waals surface area contributed by atoms with Gasteiger partial charge in [-0.15, -0.1) is 10.2 Å². The zero-order valence-corrected chi connectivity index (χ0v) is 19.8. The lowest BCUT2D eigenvalue weighted by atomic mass is 10.1. The lowest BCUT2D eigenvalue weighted by Gasteiger charge is -2.19. The molecule has 1 atom stereocenters. The van der Waals surface area contributed by atoms with Gasteiger partial charge >= 0.3 is 6.03 Å². The second kappa shape index (κ2) is 11.3. The number of halogens is 1. The van der Waals surface area contributed by atoms with Gasteiger partial charge in [-0.1, -0.05) is 66.8 Å². The number of benzene rings is 3. The summed E-state index contributed by atoms with van der Waals surface area (Å²) in [6, 6.07) is 21.5. The Morgan fingerprint density at radius 1 is 0.914 bits per heavy atom. The van der Waals surface area contributed by atoms with Crippen LogP contribution >= 0.6 is 11.3 Å². The van der Waals surface area contributed by atoms with E-state index in [0.717, 1.165) is 17.5 Å². The number of hydrogen-bond acceptors (Lipinski definition) is 5. The molecule has 0 aliphatic rings. The molecule has 0 spiro atoms. The zero-order chi connectivity index (χ0) is 24.6. The highest BCUT2D eigenvalue weighted by molar-refractivity contribution is 7.18. The van der Waals surface area contributed by atoms with Gasteiger partial charge in [0, 0.05) is 17.7 Å². The number of aryl methyl sites for hydroxylation is 1. The van der Waals surface area contributed by atoms with Crippen molar-refractivity contribution in [2.24, 2.45) is 0 Å². The molecular weight excluding hydrogens is 465 g/mol. The molecule has 9 heteroatoms. The maximum Gasteiger partial charge on any atom is 0.319 e. The maximum absolute atomic E-state index is 13.2. The zero-order valence-electron chi connectivity index (χ0n) is 19.0. The van der Waals surface area contributed by atoms with E-state index in [0.29, 0.717) is 22.7 Å². The van der Waals surface area contributed by atoms with E-state index in [2.05, 4.69) is 26.1 Å². The largest absolute Gasteiger partial charge is 0.326 e. The molecule has 1 heterocycles. The minimum atomic E-state index is -0.857. The van der Waals surface area contributed by atoms with Gasteiger partial charge in [0.25, 0.3) is 0 Å². The van der Waals surface area contributed by atoms with Crippen LogP contribution < -0.4 is 16.0 Å². The number of carbonyl (C=O) groups is 2. The molecule has 3 N–H and O–H groups in total. The molecule has 0 aliphatic carbocycles. The fourth-order valence-electron chi connectivity index (χ4n) is 3.50. The number of carbonyl (C=O) groups excluding carboxylic acids is 2. The van der Waals surface area contributed by atoms with Crippen LogP contribution in [0.4, 0.5) is 20.0 Å². The summed E-state index contributed by atoms with van der Waals surface area (Å²) in [4.78, 5) is 26.0. The summed E-state index contributed by atoms with van der Waals surface area (Å²) in [6.45, 7) is 2.01. The Hall–Kier alpha value is -4.11. The normalized spacial score (nSPS) is 11.5. The predicted octanol–water partition coefficient (Wildman–Crippen LogP) is 5.28. The molecule has 0 saturated heterocycles. The van der Waals surface area contributed by atoms with Gasteiger partial charge in [0.15, 0.2) is 0 Å². The van der Waals surface area contributed by atoms with Gasteiger partial charge in [0.2, 0.25) is 11.0 Å². The average Bonchev–Trinajstić information content (AvgIpc) is 3.33. The van der Waals surface area contributed by atoms with Crippen molar-refractivity contribution < 1.29 is 14.0 Å². The van der Waals surface area contributed by atoms with Gasteiger partial charge in [-0.05, 0) is 47.9 Å². The fourth-order valence-corrected chi connectivity index (χ4v) is 4.25. The van der Waals surface area contributed by atoms with Crippen molar-refractivity contribution in [3.05, 3.63) is 95.8 Å². The van der Waals surface area contributed by atoms with E-state index in [-0.39, 0.29) is 10.9 Å². The van der Waals surface area contributed by atoms with Gasteiger partial charge in [0.1, 0.15) is 16.9 Å². The van der Waals surface area contributed by atoms with Crippen molar-refractivity contribution >= 4 is 34.1 Å². The molecule has 3 amide bonds. The predicted molar refractivity (Wildman–Crippen MR) is 136 cm³/mol. The molecule has 0 radical (unpaired) electrons. The van der Waals surface area contributed by atoms with Gasteiger partial charge in [-0.2, -0.15) is 0 Å². The lowest BCUT2D eigenvalue weighted by molar-refractivity contribution is -0.117. The van der Waals surface area contributed by atoms with E-state index in [1.165, 1.54) is 23.5 Å². The first-order valence-corrected chi connectivity index (χ1v) is 11.9. The second-order valence-corrected chi connectivity index (χ2v) is 8.74. The van der Waals surface area contributed by atoms with Gasteiger partial charge < -0.3 is 10.6 Å². The SMILES string of the molecule is CCc1ccccc1NC(=O)NC(Cc1ccccc1)C(=O)Nc1nnc(-c2ccc(F)cc2)s1. The molecule has 0 saturated carbocycles. The molecule has 0 fully saturated rings. The van der Waals surface area contributed by atoms with Crippen molar-refractivity contribution in [3.63, 3.8) is 0 Å². The molecule has 4 rings (SSSR count). The highest BCUT2D eigenvalue weighted by atomic mass is 32.1. The number of aromatic nitrogens is 2. The Morgan fingerprint density at radius 2 is 1.63 bits per heavy atom. The first-order valence-electron chi connectivity index (χ1n) is 11.1. The average molecular weight is 490 g/mol. The summed E-state index contributed by atoms with van der Waals surface area (Å²) in [5.74, 6) is -0.768. The fraction of sp³-hybridized carbons (Fsp3) is 0.154. The summed E-state index contributed by atoms with van der Waals surface area (Å²) >= 11 is 1.17. The molecule has 1 unspecified atom stereocenters. The van der Waals surface area contributed by atoms with Crippen LogP contribution in [-0.4, -0.2) is 28.2 Å². The number of urea groups is 1. The Kier molecular flexibility index (Phi) is 7.79. The van der Waals surface area contributed by atoms with Crippen molar-refractivity contribution in [2.75, 3.05) is 10.6 Å². The van der Waals surface area contributed by atoms with E-state index in [9.17, 15) is 14.0 Å². The Bertz CT molecular complexity index is 1290. The van der Waals surface area contributed by atoms with Crippen molar-refractivity contribution in [1.29, 1.82) is 0 Å². The number of nitrogens with one attached hydrogen (secondary N) is 3. The number of anilines is 2. The third-order valence-electron chi connectivity index (χ3n) is 5.30. The van der Waals surface area contributed by atoms with Crippen LogP contribution in [0.2, 0.25) is 0 Å². The highest BCUT2D eigenvalue weighted by Gasteiger charge is 2.23. The number of amides is 3. The second-order valence-electron chi connectivity index (χ2n) is 7.76. The van der Waals surface area contributed by atoms with E-state index in [1.54, 1.807) is 12.1 Å². The molecule has 7 nitrogen and oxygen atoms in total. The van der Waals surface area contributed by atoms with Crippen molar-refractivity contribution in [1.82, 2.24) is 15.5 Å². The molecule has 178 valence electrons. The van der Waals surface area contributed by atoms with Crippen molar-refractivity contribution in [3.8, 4) is 10.6 Å². The first kappa shape index (κ1) is 24.0. The summed E-state index contributed by atoms with van der Waals surface area (Å²) in [5.41, 5.74) is 3.27. The van der Waals surface area contributed by atoms with E-state index >= 15 is 0 Å². The molecular formula is C26H24FN5O2S. The standard InChI is InChI=1S/C26H24FN5O2S/c1-2-18-10-6-7-11-21(18)28-25(34)29-22(16-17-8-4-3-5-9-17)23(33)30-26-32-31-24(35-26)19-12-14-20(27)15-13-19/h3-15,22H,2,16H2,1H3,(H2,28,29,34)(H,30,32,33).